The Kier molecular flexibility index (Phi) is 4.27. The molecule has 122 valence electrons. The second kappa shape index (κ2) is 5.91. The highest BCUT2D eigenvalue weighted by molar-refractivity contribution is 5.14. The molecule has 2 fully saturated rings. The van der Waals surface area contributed by atoms with Gasteiger partial charge in [0.15, 0.2) is 12.1 Å². The molecule has 1 aromatic rings. The molecule has 2 saturated heterocycles. The van der Waals surface area contributed by atoms with Gasteiger partial charge in [-0.25, -0.2) is 0 Å². The summed E-state index contributed by atoms with van der Waals surface area (Å²) in [6.45, 7) is 6.01. The Morgan fingerprint density at radius 2 is 1.86 bits per heavy atom. The molecule has 0 amide bonds. The van der Waals surface area contributed by atoms with E-state index < -0.39 is 17.7 Å². The van der Waals surface area contributed by atoms with E-state index in [4.69, 9.17) is 18.9 Å². The van der Waals surface area contributed by atoms with Crippen molar-refractivity contribution in [1.29, 1.82) is 0 Å². The maximum absolute atomic E-state index is 9.85. The molecule has 0 aliphatic carbocycles. The lowest BCUT2D eigenvalue weighted by atomic mass is 9.93. The van der Waals surface area contributed by atoms with Crippen molar-refractivity contribution in [1.82, 2.24) is 0 Å². The first-order valence-corrected chi connectivity index (χ1v) is 7.79. The average Bonchev–Trinajstić information content (AvgIpc) is 2.95. The van der Waals surface area contributed by atoms with Crippen molar-refractivity contribution in [3.05, 3.63) is 35.9 Å². The number of hydrogen-bond acceptors (Lipinski definition) is 5. The van der Waals surface area contributed by atoms with Crippen LogP contribution < -0.4 is 0 Å². The van der Waals surface area contributed by atoms with E-state index in [1.165, 1.54) is 0 Å². The highest BCUT2D eigenvalue weighted by atomic mass is 16.8. The fourth-order valence-corrected chi connectivity index (χ4v) is 3.18. The largest absolute Gasteiger partial charge is 0.393 e. The van der Waals surface area contributed by atoms with Gasteiger partial charge in [0.05, 0.1) is 13.2 Å². The Bertz CT molecular complexity index is 497. The van der Waals surface area contributed by atoms with E-state index in [1.54, 1.807) is 0 Å². The van der Waals surface area contributed by atoms with Crippen LogP contribution >= 0.6 is 0 Å². The van der Waals surface area contributed by atoms with Gasteiger partial charge in [0.1, 0.15) is 17.8 Å². The molecule has 5 heteroatoms. The number of fused-ring (bicyclic) bond motifs is 1. The van der Waals surface area contributed by atoms with Gasteiger partial charge < -0.3 is 24.1 Å². The van der Waals surface area contributed by atoms with E-state index in [0.29, 0.717) is 13.0 Å². The van der Waals surface area contributed by atoms with Crippen LogP contribution in [0.2, 0.25) is 0 Å². The van der Waals surface area contributed by atoms with Crippen LogP contribution in [0.1, 0.15) is 32.8 Å². The summed E-state index contributed by atoms with van der Waals surface area (Å²) in [5, 5.41) is 9.85. The molecule has 0 spiro atoms. The fraction of sp³-hybridized carbons (Fsp3) is 0.647. The zero-order chi connectivity index (χ0) is 15.8. The smallest absolute Gasteiger partial charge is 0.190 e. The molecule has 1 unspecified atom stereocenters. The summed E-state index contributed by atoms with van der Waals surface area (Å²) >= 11 is 0. The Morgan fingerprint density at radius 1 is 1.14 bits per heavy atom. The molecule has 4 atom stereocenters. The zero-order valence-electron chi connectivity index (χ0n) is 13.3. The number of benzene rings is 1. The molecule has 22 heavy (non-hydrogen) atoms. The van der Waals surface area contributed by atoms with Crippen molar-refractivity contribution in [2.24, 2.45) is 0 Å². The van der Waals surface area contributed by atoms with Gasteiger partial charge >= 0.3 is 0 Å². The van der Waals surface area contributed by atoms with Gasteiger partial charge in [-0.3, -0.25) is 0 Å². The van der Waals surface area contributed by atoms with Crippen LogP contribution in [0, 0.1) is 0 Å². The molecule has 0 radical (unpaired) electrons. The maximum atomic E-state index is 9.85. The average molecular weight is 308 g/mol. The van der Waals surface area contributed by atoms with E-state index in [-0.39, 0.29) is 18.8 Å². The number of aliphatic hydroxyl groups excluding tert-OH is 1. The Hall–Kier alpha value is -0.980. The topological polar surface area (TPSA) is 57.2 Å². The summed E-state index contributed by atoms with van der Waals surface area (Å²) in [5.41, 5.74) is 0.299. The third-order valence-corrected chi connectivity index (χ3v) is 4.39. The molecular weight excluding hydrogens is 284 g/mol. The number of hydrogen-bond donors (Lipinski definition) is 1. The highest BCUT2D eigenvalue weighted by Crippen LogP contribution is 2.45. The van der Waals surface area contributed by atoms with Crippen molar-refractivity contribution in [2.45, 2.75) is 63.7 Å². The van der Waals surface area contributed by atoms with Crippen LogP contribution in [0.15, 0.2) is 30.3 Å². The molecule has 1 N–H and O–H groups in total. The van der Waals surface area contributed by atoms with Crippen LogP contribution in [0.3, 0.4) is 0 Å². The summed E-state index contributed by atoms with van der Waals surface area (Å²) < 4.78 is 23.8. The van der Waals surface area contributed by atoms with Crippen LogP contribution in [-0.4, -0.2) is 41.6 Å². The third-order valence-electron chi connectivity index (χ3n) is 4.39. The third kappa shape index (κ3) is 2.79. The minimum Gasteiger partial charge on any atom is -0.393 e. The summed E-state index contributed by atoms with van der Waals surface area (Å²) in [6, 6.07) is 9.94. The van der Waals surface area contributed by atoms with Crippen molar-refractivity contribution in [2.75, 3.05) is 6.61 Å². The van der Waals surface area contributed by atoms with Crippen LogP contribution in [0.25, 0.3) is 0 Å². The van der Waals surface area contributed by atoms with E-state index in [0.717, 1.165) is 5.56 Å². The molecule has 2 heterocycles. The van der Waals surface area contributed by atoms with Gasteiger partial charge in [-0.2, -0.15) is 0 Å². The molecule has 5 nitrogen and oxygen atoms in total. The Labute approximate surface area is 131 Å². The first kappa shape index (κ1) is 15.9. The number of rotatable bonds is 5. The van der Waals surface area contributed by atoms with Crippen molar-refractivity contribution < 1.29 is 24.1 Å². The Balaban J connectivity index is 1.77. The standard InChI is InChI=1S/C17H24O5/c1-4-17(11-18)14(19-10-12-8-6-5-7-9-12)13-15(22-17)21-16(2,3)20-13/h5-9,13-15,18H,4,10-11H2,1-3H3/t13?,14-,15+,17-/m1/s1. The van der Waals surface area contributed by atoms with Gasteiger partial charge in [0, 0.05) is 0 Å². The molecule has 2 aliphatic heterocycles. The summed E-state index contributed by atoms with van der Waals surface area (Å²) in [5.74, 6) is -0.695. The first-order chi connectivity index (χ1) is 10.5. The molecular formula is C17H24O5. The van der Waals surface area contributed by atoms with E-state index in [9.17, 15) is 5.11 Å². The lowest BCUT2D eigenvalue weighted by molar-refractivity contribution is -0.252. The van der Waals surface area contributed by atoms with Crippen LogP contribution in [-0.2, 0) is 25.6 Å². The van der Waals surface area contributed by atoms with Gasteiger partial charge in [-0.1, -0.05) is 37.3 Å². The monoisotopic (exact) mass is 308 g/mol. The van der Waals surface area contributed by atoms with Crippen molar-refractivity contribution in [3.8, 4) is 0 Å². The van der Waals surface area contributed by atoms with Gasteiger partial charge in [-0.15, -0.1) is 0 Å². The predicted octanol–water partition coefficient (Wildman–Crippen LogP) is 2.22. The quantitative estimate of drug-likeness (QED) is 0.904. The second-order valence-electron chi connectivity index (χ2n) is 6.38. The number of aliphatic hydroxyl groups is 1. The number of ether oxygens (including phenoxy) is 4. The SMILES string of the molecule is CC[C@]1(CO)O[C@@H]2OC(C)(C)OC2[C@H]1OCc1ccccc1. The molecule has 0 aromatic heterocycles. The predicted molar refractivity (Wildman–Crippen MR) is 80.0 cm³/mol. The summed E-state index contributed by atoms with van der Waals surface area (Å²) in [7, 11) is 0. The van der Waals surface area contributed by atoms with Crippen LogP contribution in [0.4, 0.5) is 0 Å². The molecule has 2 aliphatic rings. The van der Waals surface area contributed by atoms with Crippen LogP contribution in [0.5, 0.6) is 0 Å². The summed E-state index contributed by atoms with van der Waals surface area (Å²) in [4.78, 5) is 0. The van der Waals surface area contributed by atoms with E-state index in [2.05, 4.69) is 0 Å². The van der Waals surface area contributed by atoms with Gasteiger partial charge in [0.2, 0.25) is 0 Å². The lowest BCUT2D eigenvalue weighted by Crippen LogP contribution is -2.49. The first-order valence-electron chi connectivity index (χ1n) is 7.79. The molecule has 0 bridgehead atoms. The molecule has 3 rings (SSSR count). The Morgan fingerprint density at radius 3 is 2.50 bits per heavy atom. The van der Waals surface area contributed by atoms with E-state index in [1.807, 2.05) is 51.1 Å². The second-order valence-corrected chi connectivity index (χ2v) is 6.38. The fourth-order valence-electron chi connectivity index (χ4n) is 3.18. The highest BCUT2D eigenvalue weighted by Gasteiger charge is 2.61. The van der Waals surface area contributed by atoms with Gasteiger partial charge in [0.25, 0.3) is 0 Å². The lowest BCUT2D eigenvalue weighted by Gasteiger charge is -2.34. The molecule has 1 aromatic carbocycles. The minimum absolute atomic E-state index is 0.122. The maximum Gasteiger partial charge on any atom is 0.190 e. The minimum atomic E-state index is -0.777. The zero-order valence-corrected chi connectivity index (χ0v) is 13.3. The van der Waals surface area contributed by atoms with Gasteiger partial charge in [-0.05, 0) is 25.8 Å². The molecule has 0 saturated carbocycles. The normalized spacial score (nSPS) is 36.5. The summed E-state index contributed by atoms with van der Waals surface area (Å²) in [6.07, 6.45) is -0.563. The van der Waals surface area contributed by atoms with Crippen molar-refractivity contribution in [3.63, 3.8) is 0 Å². The van der Waals surface area contributed by atoms with E-state index >= 15 is 0 Å². The van der Waals surface area contributed by atoms with Crippen molar-refractivity contribution >= 4 is 0 Å².